The van der Waals surface area contributed by atoms with Crippen LogP contribution in [0.15, 0.2) is 60.7 Å². The second-order valence-electron chi connectivity index (χ2n) is 10.7. The molecule has 0 N–H and O–H groups in total. The first-order valence-corrected chi connectivity index (χ1v) is 13.7. The molecule has 5 aromatic rings. The van der Waals surface area contributed by atoms with Crippen molar-refractivity contribution in [2.45, 2.75) is 12.8 Å². The molecule has 10 heteroatoms. The van der Waals surface area contributed by atoms with Crippen molar-refractivity contribution in [1.82, 2.24) is 9.97 Å². The Bertz CT molecular complexity index is 2280. The van der Waals surface area contributed by atoms with Crippen LogP contribution in [0.1, 0.15) is 22.3 Å². The topological polar surface area (TPSA) is 82.1 Å². The van der Waals surface area contributed by atoms with Crippen LogP contribution in [0.3, 0.4) is 0 Å². The summed E-state index contributed by atoms with van der Waals surface area (Å²) in [7, 11) is 0. The summed E-state index contributed by atoms with van der Waals surface area (Å²) in [5.41, 5.74) is 5.80. The highest BCUT2D eigenvalue weighted by Crippen LogP contribution is 2.42. The second kappa shape index (κ2) is 10.5. The zero-order chi connectivity index (χ0) is 32.3. The van der Waals surface area contributed by atoms with Gasteiger partial charge in [-0.05, 0) is 91.7 Å². The van der Waals surface area contributed by atoms with Crippen molar-refractivity contribution in [3.05, 3.63) is 140 Å². The van der Waals surface area contributed by atoms with Gasteiger partial charge in [-0.3, -0.25) is 0 Å². The fourth-order valence-corrected chi connectivity index (χ4v) is 6.53. The van der Waals surface area contributed by atoms with E-state index in [0.29, 0.717) is 54.9 Å². The Balaban J connectivity index is 1.60. The van der Waals surface area contributed by atoms with Crippen LogP contribution in [-0.2, 0) is 12.8 Å². The summed E-state index contributed by atoms with van der Waals surface area (Å²) < 4.78 is 56.2. The molecule has 0 unspecified atom stereocenters. The first kappa shape index (κ1) is 28.2. The fourth-order valence-electron chi connectivity index (χ4n) is 6.53. The summed E-state index contributed by atoms with van der Waals surface area (Å²) in [6, 6.07) is 18.7. The maximum absolute atomic E-state index is 14.0. The van der Waals surface area contributed by atoms with E-state index in [4.69, 9.17) is 13.1 Å². The van der Waals surface area contributed by atoms with Crippen molar-refractivity contribution < 1.29 is 17.6 Å². The second-order valence-corrected chi connectivity index (χ2v) is 10.7. The lowest BCUT2D eigenvalue weighted by Gasteiger charge is -2.14. The zero-order valence-corrected chi connectivity index (χ0v) is 23.4. The molecule has 0 fully saturated rings. The Morgan fingerprint density at radius 1 is 0.587 bits per heavy atom. The lowest BCUT2D eigenvalue weighted by Crippen LogP contribution is -2.25. The maximum atomic E-state index is 14.0. The molecule has 2 aliphatic carbocycles. The van der Waals surface area contributed by atoms with Crippen LogP contribution in [-0.4, -0.2) is 9.97 Å². The standard InChI is InChI=1S/C36H14F4N6/c1-43-27(15-41)35-25-9-19-5-3-18(22-13-31(39)46-32(40)14-22)8-24(19)34(25)36(28(16-42)44-2)26-10-20-6-4-17(7-23(20)33(26)35)21-11-29(37)45-30(38)12-21/h3-8,11-14H,9-10H2/b35-27-,36-28+. The van der Waals surface area contributed by atoms with E-state index in [2.05, 4.69) is 19.7 Å². The summed E-state index contributed by atoms with van der Waals surface area (Å²) in [6.07, 6.45) is 0.486. The third-order valence-electron chi connectivity index (χ3n) is 8.30. The molecule has 2 heterocycles. The lowest BCUT2D eigenvalue weighted by atomic mass is 9.89. The molecule has 0 saturated heterocycles. The Morgan fingerprint density at radius 2 is 0.957 bits per heavy atom. The smallest absolute Gasteiger partial charge is 0.226 e. The largest absolute Gasteiger partial charge is 0.269 e. The van der Waals surface area contributed by atoms with E-state index in [-0.39, 0.29) is 35.4 Å². The quantitative estimate of drug-likeness (QED) is 0.126. The van der Waals surface area contributed by atoms with Gasteiger partial charge in [-0.25, -0.2) is 20.2 Å². The van der Waals surface area contributed by atoms with Crippen molar-refractivity contribution in [3.63, 3.8) is 0 Å². The number of pyridine rings is 2. The number of fused-ring (bicyclic) bond motifs is 6. The monoisotopic (exact) mass is 606 g/mol. The van der Waals surface area contributed by atoms with E-state index >= 15 is 0 Å². The van der Waals surface area contributed by atoms with Crippen LogP contribution in [0.25, 0.3) is 65.6 Å². The zero-order valence-electron chi connectivity index (χ0n) is 23.4. The molecule has 0 radical (unpaired) electrons. The third kappa shape index (κ3) is 4.29. The first-order valence-electron chi connectivity index (χ1n) is 13.7. The van der Waals surface area contributed by atoms with Gasteiger partial charge < -0.3 is 0 Å². The van der Waals surface area contributed by atoms with Crippen LogP contribution < -0.4 is 10.4 Å². The molecule has 3 aromatic carbocycles. The van der Waals surface area contributed by atoms with E-state index < -0.39 is 23.8 Å². The van der Waals surface area contributed by atoms with Gasteiger partial charge in [0.25, 0.3) is 11.4 Å². The molecule has 0 bridgehead atoms. The van der Waals surface area contributed by atoms with Crippen LogP contribution in [0.4, 0.5) is 17.6 Å². The van der Waals surface area contributed by atoms with Gasteiger partial charge in [0.15, 0.2) is 0 Å². The van der Waals surface area contributed by atoms with Gasteiger partial charge >= 0.3 is 0 Å². The van der Waals surface area contributed by atoms with Gasteiger partial charge in [0, 0.05) is 34.7 Å². The Labute approximate surface area is 258 Å². The summed E-state index contributed by atoms with van der Waals surface area (Å²) in [5.74, 6) is -3.98. The number of nitriles is 2. The fraction of sp³-hybridized carbons (Fsp3) is 0.0556. The van der Waals surface area contributed by atoms with Gasteiger partial charge in [0.05, 0.1) is 25.3 Å². The molecule has 46 heavy (non-hydrogen) atoms. The Hall–Kier alpha value is -6.62. The van der Waals surface area contributed by atoms with Gasteiger partial charge in [-0.15, -0.1) is 0 Å². The number of nitrogens with zero attached hydrogens (tertiary/aromatic N) is 6. The lowest BCUT2D eigenvalue weighted by molar-refractivity contribution is 0.512. The SMILES string of the molecule is [C-]#[N+]/C(C#N)=c1/c2c(/c(=C(\C#N)[N+]#[C-])c3c1-c1cc(-c4cc(F)nc(F)c4)ccc1C3)-c1cc(-c3cc(F)nc(F)c3)ccc1C2. The van der Waals surface area contributed by atoms with E-state index in [0.717, 1.165) is 35.4 Å². The minimum absolute atomic E-state index is 0.203. The van der Waals surface area contributed by atoms with E-state index in [1.54, 1.807) is 36.4 Å². The van der Waals surface area contributed by atoms with Gasteiger partial charge in [0.1, 0.15) is 0 Å². The minimum Gasteiger partial charge on any atom is -0.226 e. The maximum Gasteiger partial charge on any atom is 0.269 e. The Morgan fingerprint density at radius 3 is 1.28 bits per heavy atom. The van der Waals surface area contributed by atoms with Gasteiger partial charge in [-0.1, -0.05) is 24.3 Å². The minimum atomic E-state index is -0.996. The van der Waals surface area contributed by atoms with Crippen molar-refractivity contribution in [2.75, 3.05) is 0 Å². The number of rotatable bonds is 2. The van der Waals surface area contributed by atoms with Crippen LogP contribution >= 0.6 is 0 Å². The predicted molar refractivity (Wildman–Crippen MR) is 160 cm³/mol. The predicted octanol–water partition coefficient (Wildman–Crippen LogP) is 6.61. The molecule has 2 aromatic heterocycles. The highest BCUT2D eigenvalue weighted by molar-refractivity contribution is 5.94. The van der Waals surface area contributed by atoms with Crippen molar-refractivity contribution in [3.8, 4) is 56.6 Å². The molecule has 0 spiro atoms. The molecule has 6 nitrogen and oxygen atoms in total. The van der Waals surface area contributed by atoms with Crippen LogP contribution in [0.2, 0.25) is 0 Å². The van der Waals surface area contributed by atoms with Crippen molar-refractivity contribution in [2.24, 2.45) is 0 Å². The van der Waals surface area contributed by atoms with E-state index in [1.807, 2.05) is 12.1 Å². The molecule has 0 atom stereocenters. The normalized spacial score (nSPS) is 13.2. The Kier molecular flexibility index (Phi) is 6.45. The third-order valence-corrected chi connectivity index (χ3v) is 8.30. The summed E-state index contributed by atoms with van der Waals surface area (Å²) in [5, 5.41) is 21.0. The van der Waals surface area contributed by atoms with Crippen molar-refractivity contribution in [1.29, 1.82) is 10.5 Å². The molecule has 7 rings (SSSR count). The van der Waals surface area contributed by atoms with E-state index in [9.17, 15) is 28.1 Å². The molecule has 0 saturated carbocycles. The average molecular weight is 607 g/mol. The molecular formula is C36H14F4N6. The van der Waals surface area contributed by atoms with Gasteiger partial charge in [0.2, 0.25) is 23.8 Å². The average Bonchev–Trinajstić information content (AvgIpc) is 3.60. The van der Waals surface area contributed by atoms with E-state index in [1.165, 1.54) is 0 Å². The number of halogens is 4. The number of benzene rings is 3. The van der Waals surface area contributed by atoms with Crippen LogP contribution in [0, 0.1) is 59.6 Å². The highest BCUT2D eigenvalue weighted by atomic mass is 19.1. The van der Waals surface area contributed by atoms with Crippen molar-refractivity contribution >= 4 is 11.4 Å². The molecule has 0 amide bonds. The summed E-state index contributed by atoms with van der Waals surface area (Å²) in [6.45, 7) is 15.8. The highest BCUT2D eigenvalue weighted by Gasteiger charge is 2.32. The van der Waals surface area contributed by atoms with Crippen LogP contribution in [0.5, 0.6) is 0 Å². The molecule has 216 valence electrons. The number of aromatic nitrogens is 2. The first-order chi connectivity index (χ1) is 22.2. The summed E-state index contributed by atoms with van der Waals surface area (Å²) in [4.78, 5) is 13.4. The van der Waals surface area contributed by atoms with Gasteiger partial charge in [-0.2, -0.15) is 27.5 Å². The molecule has 0 aliphatic heterocycles. The number of hydrogen-bond acceptors (Lipinski definition) is 4. The summed E-state index contributed by atoms with van der Waals surface area (Å²) >= 11 is 0. The molecular weight excluding hydrogens is 592 g/mol. The number of hydrogen-bond donors (Lipinski definition) is 0. The molecule has 2 aliphatic rings.